The summed E-state index contributed by atoms with van der Waals surface area (Å²) in [5.74, 6) is 1.87. The number of ether oxygens (including phenoxy) is 1. The summed E-state index contributed by atoms with van der Waals surface area (Å²) < 4.78 is 5.66. The molecular formula is C27H28N4O. The van der Waals surface area contributed by atoms with E-state index in [1.54, 1.807) is 7.11 Å². The van der Waals surface area contributed by atoms with Gasteiger partial charge < -0.3 is 15.0 Å². The van der Waals surface area contributed by atoms with Crippen molar-refractivity contribution in [3.05, 3.63) is 84.6 Å². The Bertz CT molecular complexity index is 1170. The molecule has 0 fully saturated rings. The maximum Gasteiger partial charge on any atom is 0.210 e. The number of nitrogens with zero attached hydrogens (tertiary/aromatic N) is 3. The molecule has 3 aromatic rings. The number of hydrogen-bond acceptors (Lipinski definition) is 5. The van der Waals surface area contributed by atoms with Gasteiger partial charge in [0.1, 0.15) is 5.75 Å². The average Bonchev–Trinajstić information content (AvgIpc) is 3.04. The zero-order valence-corrected chi connectivity index (χ0v) is 18.6. The summed E-state index contributed by atoms with van der Waals surface area (Å²) in [6.07, 6.45) is 4.42. The molecule has 0 amide bonds. The van der Waals surface area contributed by atoms with E-state index in [1.807, 2.05) is 19.2 Å². The predicted molar refractivity (Wildman–Crippen MR) is 133 cm³/mol. The quantitative estimate of drug-likeness (QED) is 0.573. The van der Waals surface area contributed by atoms with Gasteiger partial charge in [-0.15, -0.1) is 0 Å². The van der Waals surface area contributed by atoms with E-state index >= 15 is 0 Å². The highest BCUT2D eigenvalue weighted by Gasteiger charge is 2.32. The van der Waals surface area contributed by atoms with Crippen LogP contribution in [0.5, 0.6) is 5.75 Å². The zero-order valence-electron chi connectivity index (χ0n) is 18.6. The molecule has 0 atom stereocenters. The van der Waals surface area contributed by atoms with Crippen LogP contribution >= 0.6 is 0 Å². The summed E-state index contributed by atoms with van der Waals surface area (Å²) in [5.41, 5.74) is 6.83. The molecule has 5 rings (SSSR count). The average molecular weight is 425 g/mol. The molecule has 32 heavy (non-hydrogen) atoms. The van der Waals surface area contributed by atoms with Gasteiger partial charge in [-0.25, -0.2) is 0 Å². The number of rotatable bonds is 5. The molecule has 0 saturated heterocycles. The van der Waals surface area contributed by atoms with Gasteiger partial charge in [0.25, 0.3) is 0 Å². The minimum atomic E-state index is 0.850. The Morgan fingerprint density at radius 1 is 0.875 bits per heavy atom. The van der Waals surface area contributed by atoms with Crippen LogP contribution in [0, 0.1) is 0 Å². The van der Waals surface area contributed by atoms with Crippen LogP contribution in [0.4, 0.5) is 11.4 Å². The number of nitrogens with one attached hydrogen (secondary N) is 1. The second-order valence-electron chi connectivity index (χ2n) is 7.97. The van der Waals surface area contributed by atoms with Crippen molar-refractivity contribution in [2.24, 2.45) is 4.99 Å². The van der Waals surface area contributed by atoms with E-state index in [-0.39, 0.29) is 0 Å². The molecule has 0 bridgehead atoms. The fourth-order valence-corrected chi connectivity index (χ4v) is 4.45. The molecule has 5 nitrogen and oxygen atoms in total. The number of benzene rings is 3. The van der Waals surface area contributed by atoms with Gasteiger partial charge in [0.05, 0.1) is 12.8 Å². The maximum atomic E-state index is 5.66. The first-order valence-corrected chi connectivity index (χ1v) is 11.1. The molecule has 1 N–H and O–H groups in total. The van der Waals surface area contributed by atoms with Crippen molar-refractivity contribution in [1.82, 2.24) is 4.90 Å². The predicted octanol–water partition coefficient (Wildman–Crippen LogP) is 5.67. The van der Waals surface area contributed by atoms with Crippen LogP contribution in [0.15, 0.2) is 84.0 Å². The van der Waals surface area contributed by atoms with Gasteiger partial charge in [-0.05, 0) is 48.7 Å². The van der Waals surface area contributed by atoms with E-state index in [0.717, 1.165) is 60.3 Å². The highest BCUT2D eigenvalue weighted by atomic mass is 16.5. The van der Waals surface area contributed by atoms with E-state index in [4.69, 9.17) is 9.73 Å². The van der Waals surface area contributed by atoms with Crippen LogP contribution < -0.4 is 15.0 Å². The lowest BCUT2D eigenvalue weighted by atomic mass is 10.0. The highest BCUT2D eigenvalue weighted by molar-refractivity contribution is 6.08. The molecule has 5 heteroatoms. The number of methoxy groups -OCH3 is 1. The van der Waals surface area contributed by atoms with Crippen molar-refractivity contribution in [3.8, 4) is 16.9 Å². The van der Waals surface area contributed by atoms with Crippen LogP contribution in [0.1, 0.15) is 18.4 Å². The molecule has 2 heterocycles. The molecule has 0 saturated carbocycles. The first-order chi connectivity index (χ1) is 15.8. The number of para-hydroxylation sites is 2. The monoisotopic (exact) mass is 424 g/mol. The van der Waals surface area contributed by atoms with Crippen molar-refractivity contribution in [2.45, 2.75) is 12.8 Å². The van der Waals surface area contributed by atoms with Crippen LogP contribution in [-0.4, -0.2) is 38.1 Å². The Labute approximate surface area is 189 Å². The smallest absolute Gasteiger partial charge is 0.210 e. The van der Waals surface area contributed by atoms with Crippen LogP contribution in [0.3, 0.4) is 0 Å². The summed E-state index contributed by atoms with van der Waals surface area (Å²) in [4.78, 5) is 9.49. The number of guanidine groups is 1. The lowest BCUT2D eigenvalue weighted by molar-refractivity contribution is 0.412. The Balaban J connectivity index is 1.54. The lowest BCUT2D eigenvalue weighted by Crippen LogP contribution is -2.34. The molecule has 0 spiro atoms. The summed E-state index contributed by atoms with van der Waals surface area (Å²) in [6, 6.07) is 25.3. The third kappa shape index (κ3) is 3.60. The minimum Gasteiger partial charge on any atom is -0.496 e. The van der Waals surface area contributed by atoms with E-state index in [1.165, 1.54) is 11.1 Å². The van der Waals surface area contributed by atoms with Gasteiger partial charge >= 0.3 is 0 Å². The standard InChI is InChI=1S/C27H28N4O/c1-28-24-11-5-3-9-22(24)20-13-15-21(16-14-20)31-19-25(23-10-4-6-12-26(23)32-2)30-18-8-7-17-29-27(30)31/h3-6,9-16,19,28H,7-8,17-18H2,1-2H3. The Morgan fingerprint density at radius 2 is 1.62 bits per heavy atom. The molecule has 2 aliphatic heterocycles. The number of fused-ring (bicyclic) bond motifs is 1. The first-order valence-electron chi connectivity index (χ1n) is 11.1. The van der Waals surface area contributed by atoms with Crippen molar-refractivity contribution in [2.75, 3.05) is 37.5 Å². The topological polar surface area (TPSA) is 40.1 Å². The Hall–Kier alpha value is -3.73. The summed E-state index contributed by atoms with van der Waals surface area (Å²) in [7, 11) is 3.69. The van der Waals surface area contributed by atoms with Crippen molar-refractivity contribution < 1.29 is 4.74 Å². The van der Waals surface area contributed by atoms with Gasteiger partial charge in [0.2, 0.25) is 5.96 Å². The van der Waals surface area contributed by atoms with Crippen LogP contribution in [-0.2, 0) is 0 Å². The number of aliphatic imine (C=N–C) groups is 1. The van der Waals surface area contributed by atoms with Crippen molar-refractivity contribution >= 4 is 23.0 Å². The van der Waals surface area contributed by atoms with Crippen molar-refractivity contribution in [3.63, 3.8) is 0 Å². The fourth-order valence-electron chi connectivity index (χ4n) is 4.45. The van der Waals surface area contributed by atoms with E-state index in [2.05, 4.69) is 82.0 Å². The third-order valence-corrected chi connectivity index (χ3v) is 6.08. The Kier molecular flexibility index (Phi) is 5.55. The van der Waals surface area contributed by atoms with Gasteiger partial charge in [-0.3, -0.25) is 9.89 Å². The van der Waals surface area contributed by atoms with Crippen molar-refractivity contribution in [1.29, 1.82) is 0 Å². The largest absolute Gasteiger partial charge is 0.496 e. The first kappa shape index (κ1) is 20.2. The van der Waals surface area contributed by atoms with Crippen LogP contribution in [0.2, 0.25) is 0 Å². The molecular weight excluding hydrogens is 396 g/mol. The summed E-state index contributed by atoms with van der Waals surface area (Å²) in [5, 5.41) is 3.29. The fraction of sp³-hybridized carbons (Fsp3) is 0.222. The minimum absolute atomic E-state index is 0.850. The highest BCUT2D eigenvalue weighted by Crippen LogP contribution is 2.37. The van der Waals surface area contributed by atoms with Gasteiger partial charge in [-0.1, -0.05) is 42.5 Å². The van der Waals surface area contributed by atoms with E-state index in [9.17, 15) is 0 Å². The maximum absolute atomic E-state index is 5.66. The Morgan fingerprint density at radius 3 is 2.41 bits per heavy atom. The van der Waals surface area contributed by atoms with E-state index < -0.39 is 0 Å². The van der Waals surface area contributed by atoms with Gasteiger partial charge in [-0.2, -0.15) is 0 Å². The number of hydrogen-bond donors (Lipinski definition) is 1. The molecule has 162 valence electrons. The van der Waals surface area contributed by atoms with Gasteiger partial charge in [0, 0.05) is 48.8 Å². The van der Waals surface area contributed by atoms with Gasteiger partial charge in [0.15, 0.2) is 0 Å². The normalized spacial score (nSPS) is 15.6. The van der Waals surface area contributed by atoms with E-state index in [0.29, 0.717) is 0 Å². The SMILES string of the molecule is CNc1ccccc1-c1ccc(N2C=C(c3ccccc3OC)N3CCCCN=C32)cc1. The molecule has 0 aromatic heterocycles. The zero-order chi connectivity index (χ0) is 21.9. The second-order valence-corrected chi connectivity index (χ2v) is 7.97. The molecule has 3 aromatic carbocycles. The molecule has 0 radical (unpaired) electrons. The molecule has 0 unspecified atom stereocenters. The van der Waals surface area contributed by atoms with Crippen LogP contribution in [0.25, 0.3) is 16.8 Å². The second kappa shape index (κ2) is 8.79. The summed E-state index contributed by atoms with van der Waals surface area (Å²) in [6.45, 7) is 1.80. The molecule has 2 aliphatic rings. The molecule has 0 aliphatic carbocycles. The lowest BCUT2D eigenvalue weighted by Gasteiger charge is -2.25. The third-order valence-electron chi connectivity index (χ3n) is 6.08. The summed E-state index contributed by atoms with van der Waals surface area (Å²) >= 11 is 0. The number of anilines is 2.